The zero-order valence-electron chi connectivity index (χ0n) is 19.5. The fourth-order valence-electron chi connectivity index (χ4n) is 3.81. The number of carbonyl (C=O) groups excluding carboxylic acids is 1. The number of aryl methyl sites for hydroxylation is 2. The largest absolute Gasteiger partial charge is 0.493 e. The van der Waals surface area contributed by atoms with Gasteiger partial charge in [-0.2, -0.15) is 0 Å². The first-order valence-corrected chi connectivity index (χ1v) is 10.7. The molecule has 0 saturated carbocycles. The number of hydrogen-bond donors (Lipinski definition) is 1. The van der Waals surface area contributed by atoms with Crippen LogP contribution in [-0.2, 0) is 20.0 Å². The van der Waals surface area contributed by atoms with E-state index in [-0.39, 0.29) is 5.91 Å². The first-order valence-electron chi connectivity index (χ1n) is 10.7. The van der Waals surface area contributed by atoms with E-state index in [0.717, 1.165) is 29.4 Å². The van der Waals surface area contributed by atoms with Crippen molar-refractivity contribution in [1.82, 2.24) is 18.9 Å². The van der Waals surface area contributed by atoms with E-state index in [2.05, 4.69) is 22.1 Å². The molecule has 0 fully saturated rings. The Hall–Kier alpha value is -4.01. The highest BCUT2D eigenvalue weighted by Gasteiger charge is 2.18. The Bertz CT molecular complexity index is 1290. The zero-order valence-corrected chi connectivity index (χ0v) is 19.5. The number of nitrogens with one attached hydrogen (secondary N) is 1. The molecule has 0 bridgehead atoms. The van der Waals surface area contributed by atoms with Crippen LogP contribution in [-0.4, -0.2) is 46.1 Å². The number of carbonyl (C=O) groups is 1. The third kappa shape index (κ3) is 4.34. The molecule has 9 nitrogen and oxygen atoms in total. The first-order chi connectivity index (χ1) is 15.9. The van der Waals surface area contributed by atoms with Crippen molar-refractivity contribution < 1.29 is 14.3 Å². The molecule has 1 amide bonds. The van der Waals surface area contributed by atoms with Crippen LogP contribution in [0.25, 0.3) is 5.65 Å². The van der Waals surface area contributed by atoms with E-state index in [4.69, 9.17) is 14.5 Å². The molecule has 0 aliphatic carbocycles. The van der Waals surface area contributed by atoms with E-state index >= 15 is 0 Å². The molecule has 1 aromatic carbocycles. The van der Waals surface area contributed by atoms with Gasteiger partial charge in [0.2, 0.25) is 0 Å². The minimum atomic E-state index is -0.228. The minimum absolute atomic E-state index is 0.228. The third-order valence-electron chi connectivity index (χ3n) is 5.56. The van der Waals surface area contributed by atoms with Gasteiger partial charge in [-0.3, -0.25) is 9.20 Å². The zero-order chi connectivity index (χ0) is 23.5. The van der Waals surface area contributed by atoms with Gasteiger partial charge >= 0.3 is 0 Å². The molecule has 4 rings (SSSR count). The maximum absolute atomic E-state index is 13.0. The quantitative estimate of drug-likeness (QED) is 0.444. The predicted molar refractivity (Wildman–Crippen MR) is 127 cm³/mol. The Labute approximate surface area is 192 Å². The standard InChI is InChI=1S/C24H28N6O3/c1-6-18-24(29(3)15-22-25-11-12-28(22)2)30-14-16(7-10-21(30)27-18)23(31)26-17-8-9-19(32-4)20(13-17)33-5/h7-14H,6,15H2,1-5H3,(H,26,31). The van der Waals surface area contributed by atoms with Crippen LogP contribution in [0.5, 0.6) is 11.5 Å². The smallest absolute Gasteiger partial charge is 0.257 e. The van der Waals surface area contributed by atoms with Gasteiger partial charge in [0.15, 0.2) is 11.5 Å². The molecule has 3 heterocycles. The van der Waals surface area contributed by atoms with Crippen molar-refractivity contribution in [2.45, 2.75) is 19.9 Å². The van der Waals surface area contributed by atoms with Gasteiger partial charge in [-0.05, 0) is 30.7 Å². The average Bonchev–Trinajstić information content (AvgIpc) is 3.40. The number of benzene rings is 1. The van der Waals surface area contributed by atoms with Gasteiger partial charge in [0.25, 0.3) is 5.91 Å². The Morgan fingerprint density at radius 3 is 2.61 bits per heavy atom. The molecule has 0 atom stereocenters. The Morgan fingerprint density at radius 1 is 1.15 bits per heavy atom. The summed E-state index contributed by atoms with van der Waals surface area (Å²) in [6.45, 7) is 2.69. The molecular weight excluding hydrogens is 420 g/mol. The van der Waals surface area contributed by atoms with Crippen LogP contribution in [0.4, 0.5) is 11.5 Å². The highest BCUT2D eigenvalue weighted by Crippen LogP contribution is 2.30. The molecule has 33 heavy (non-hydrogen) atoms. The molecule has 0 saturated heterocycles. The van der Waals surface area contributed by atoms with Gasteiger partial charge in [-0.1, -0.05) is 6.92 Å². The maximum atomic E-state index is 13.0. The summed E-state index contributed by atoms with van der Waals surface area (Å²) in [5.74, 6) is 2.80. The molecule has 172 valence electrons. The lowest BCUT2D eigenvalue weighted by atomic mass is 10.2. The number of fused-ring (bicyclic) bond motifs is 1. The number of hydrogen-bond acceptors (Lipinski definition) is 6. The van der Waals surface area contributed by atoms with E-state index in [1.165, 1.54) is 0 Å². The second-order valence-corrected chi connectivity index (χ2v) is 7.72. The van der Waals surface area contributed by atoms with E-state index in [9.17, 15) is 4.79 Å². The van der Waals surface area contributed by atoms with Gasteiger partial charge in [-0.25, -0.2) is 9.97 Å². The van der Waals surface area contributed by atoms with Crippen LogP contribution in [0.1, 0.15) is 28.8 Å². The Balaban J connectivity index is 1.65. The van der Waals surface area contributed by atoms with Crippen molar-refractivity contribution in [2.75, 3.05) is 31.5 Å². The Morgan fingerprint density at radius 2 is 1.94 bits per heavy atom. The Kier molecular flexibility index (Phi) is 6.21. The number of imidazole rings is 2. The topological polar surface area (TPSA) is 85.9 Å². The van der Waals surface area contributed by atoms with E-state index in [1.807, 2.05) is 41.5 Å². The lowest BCUT2D eigenvalue weighted by molar-refractivity contribution is 0.102. The van der Waals surface area contributed by atoms with Gasteiger partial charge in [0.1, 0.15) is 17.3 Å². The average molecular weight is 449 g/mol. The van der Waals surface area contributed by atoms with Crippen molar-refractivity contribution in [2.24, 2.45) is 7.05 Å². The summed E-state index contributed by atoms with van der Waals surface area (Å²) in [7, 11) is 7.11. The summed E-state index contributed by atoms with van der Waals surface area (Å²) in [5.41, 5.74) is 2.88. The molecule has 0 spiro atoms. The summed E-state index contributed by atoms with van der Waals surface area (Å²) < 4.78 is 14.5. The normalized spacial score (nSPS) is 10.9. The molecule has 3 aromatic heterocycles. The second-order valence-electron chi connectivity index (χ2n) is 7.72. The molecule has 0 unspecified atom stereocenters. The van der Waals surface area contributed by atoms with Crippen LogP contribution in [0, 0.1) is 0 Å². The van der Waals surface area contributed by atoms with Crippen LogP contribution in [0.3, 0.4) is 0 Å². The fourth-order valence-corrected chi connectivity index (χ4v) is 3.81. The number of rotatable bonds is 8. The van der Waals surface area contributed by atoms with E-state index in [0.29, 0.717) is 29.3 Å². The lowest BCUT2D eigenvalue weighted by Gasteiger charge is -2.20. The van der Waals surface area contributed by atoms with Crippen LogP contribution >= 0.6 is 0 Å². The van der Waals surface area contributed by atoms with Crippen molar-refractivity contribution in [3.05, 3.63) is 66.0 Å². The summed E-state index contributed by atoms with van der Waals surface area (Å²) in [5, 5.41) is 2.93. The monoisotopic (exact) mass is 448 g/mol. The van der Waals surface area contributed by atoms with Crippen molar-refractivity contribution in [3.8, 4) is 11.5 Å². The van der Waals surface area contributed by atoms with Crippen molar-refractivity contribution in [3.63, 3.8) is 0 Å². The third-order valence-corrected chi connectivity index (χ3v) is 5.56. The molecule has 0 radical (unpaired) electrons. The summed E-state index contributed by atoms with van der Waals surface area (Å²) in [4.78, 5) is 24.3. The van der Waals surface area contributed by atoms with Gasteiger partial charge in [0, 0.05) is 44.4 Å². The predicted octanol–water partition coefficient (Wildman–Crippen LogP) is 3.54. The number of nitrogens with zero attached hydrogens (tertiary/aromatic N) is 5. The molecule has 4 aromatic rings. The van der Waals surface area contributed by atoms with Crippen LogP contribution in [0.2, 0.25) is 0 Å². The highest BCUT2D eigenvalue weighted by atomic mass is 16.5. The summed E-state index contributed by atoms with van der Waals surface area (Å²) in [6, 6.07) is 8.90. The fraction of sp³-hybridized carbons (Fsp3) is 0.292. The molecule has 0 aliphatic heterocycles. The highest BCUT2D eigenvalue weighted by molar-refractivity contribution is 6.04. The van der Waals surface area contributed by atoms with Crippen molar-refractivity contribution in [1.29, 1.82) is 0 Å². The number of aromatic nitrogens is 4. The lowest BCUT2D eigenvalue weighted by Crippen LogP contribution is -2.22. The number of amides is 1. The van der Waals surface area contributed by atoms with Gasteiger partial charge < -0.3 is 24.3 Å². The summed E-state index contributed by atoms with van der Waals surface area (Å²) in [6.07, 6.45) is 6.31. The number of methoxy groups -OCH3 is 2. The molecule has 1 N–H and O–H groups in total. The number of ether oxygens (including phenoxy) is 2. The summed E-state index contributed by atoms with van der Waals surface area (Å²) >= 11 is 0. The SMILES string of the molecule is CCc1nc2ccc(C(=O)Nc3ccc(OC)c(OC)c3)cn2c1N(C)Cc1nccn1C. The van der Waals surface area contributed by atoms with Crippen LogP contribution in [0.15, 0.2) is 48.9 Å². The second kappa shape index (κ2) is 9.23. The van der Waals surface area contributed by atoms with E-state index in [1.54, 1.807) is 44.7 Å². The molecule has 0 aliphatic rings. The number of anilines is 2. The van der Waals surface area contributed by atoms with Gasteiger partial charge in [0.05, 0.1) is 32.0 Å². The maximum Gasteiger partial charge on any atom is 0.257 e. The van der Waals surface area contributed by atoms with Gasteiger partial charge in [-0.15, -0.1) is 0 Å². The van der Waals surface area contributed by atoms with E-state index < -0.39 is 0 Å². The minimum Gasteiger partial charge on any atom is -0.493 e. The molecular formula is C24H28N6O3. The van der Waals surface area contributed by atoms with Crippen LogP contribution < -0.4 is 19.7 Å². The molecule has 9 heteroatoms. The van der Waals surface area contributed by atoms with Crippen molar-refractivity contribution >= 4 is 23.1 Å². The number of pyridine rings is 1. The first kappa shape index (κ1) is 22.2.